The Hall–Kier alpha value is -1.39. The molecule has 0 unspecified atom stereocenters. The van der Waals surface area contributed by atoms with E-state index < -0.39 is 0 Å². The first-order valence-corrected chi connectivity index (χ1v) is 2.57. The molecule has 9 heavy (non-hydrogen) atoms. The minimum absolute atomic E-state index is 0.898. The average Bonchev–Trinajstić information content (AvgIpc) is 2.35. The topological polar surface area (TPSA) is 48.0 Å². The third kappa shape index (κ3) is 0.453. The van der Waals surface area contributed by atoms with Crippen LogP contribution in [0, 0.1) is 0 Å². The molecular weight excluding hydrogens is 118 g/mol. The summed E-state index contributed by atoms with van der Waals surface area (Å²) in [5.41, 5.74) is 0.898. The van der Waals surface area contributed by atoms with Gasteiger partial charge in [0, 0.05) is 13.1 Å². The van der Waals surface area contributed by atoms with E-state index in [-0.39, 0.29) is 0 Å². The molecule has 46 valence electrons. The van der Waals surface area contributed by atoms with Crippen molar-refractivity contribution in [3.05, 3.63) is 12.3 Å². The molecule has 0 radical (unpaired) electrons. The van der Waals surface area contributed by atoms with E-state index in [0.717, 1.165) is 5.65 Å². The number of hydrogen-bond donors (Lipinski definition) is 0. The van der Waals surface area contributed by atoms with E-state index >= 15 is 0 Å². The van der Waals surface area contributed by atoms with E-state index in [0.29, 0.717) is 0 Å². The van der Waals surface area contributed by atoms with E-state index in [1.165, 1.54) is 4.63 Å². The second-order valence-electron chi connectivity index (χ2n) is 1.78. The van der Waals surface area contributed by atoms with Crippen LogP contribution in [-0.4, -0.2) is 24.8 Å². The predicted octanol–water partition coefficient (Wildman–Crippen LogP) is -0.537. The van der Waals surface area contributed by atoms with Gasteiger partial charge in [-0.2, -0.15) is 5.10 Å². The first kappa shape index (κ1) is 4.49. The molecule has 0 aromatic carbocycles. The summed E-state index contributed by atoms with van der Waals surface area (Å²) in [6, 6.07) is 1.85. The molecule has 5 heteroatoms. The van der Waals surface area contributed by atoms with Gasteiger partial charge in [0.25, 0.3) is 0 Å². The average molecular weight is 123 g/mol. The lowest BCUT2D eigenvalue weighted by atomic mass is 10.7. The van der Waals surface area contributed by atoms with Crippen LogP contribution in [0.15, 0.2) is 12.3 Å². The molecule has 0 spiro atoms. The summed E-state index contributed by atoms with van der Waals surface area (Å²) in [4.78, 5) is 0. The summed E-state index contributed by atoms with van der Waals surface area (Å²) in [6.45, 7) is 0. The van der Waals surface area contributed by atoms with Gasteiger partial charge in [0.1, 0.15) is 0 Å². The van der Waals surface area contributed by atoms with Crippen LogP contribution < -0.4 is 0 Å². The van der Waals surface area contributed by atoms with Gasteiger partial charge in [-0.05, 0) is 10.4 Å². The van der Waals surface area contributed by atoms with Crippen molar-refractivity contribution in [1.29, 1.82) is 0 Å². The largest absolute Gasteiger partial charge is 0.229 e. The number of nitrogens with zero attached hydrogens (tertiary/aromatic N) is 5. The van der Waals surface area contributed by atoms with Crippen LogP contribution in [0.2, 0.25) is 0 Å². The van der Waals surface area contributed by atoms with Gasteiger partial charge in [-0.25, -0.2) is 4.68 Å². The van der Waals surface area contributed by atoms with Crippen LogP contribution in [0.3, 0.4) is 0 Å². The van der Waals surface area contributed by atoms with Gasteiger partial charge >= 0.3 is 0 Å². The Labute approximate surface area is 50.9 Å². The molecule has 2 aromatic heterocycles. The van der Waals surface area contributed by atoms with Gasteiger partial charge in [0.15, 0.2) is 5.65 Å². The minimum atomic E-state index is 0.898. The summed E-state index contributed by atoms with van der Waals surface area (Å²) in [5, 5.41) is 11.3. The molecule has 2 heterocycles. The summed E-state index contributed by atoms with van der Waals surface area (Å²) in [5.74, 6) is 0. The highest BCUT2D eigenvalue weighted by Crippen LogP contribution is 1.93. The monoisotopic (exact) mass is 123 g/mol. The standard InChI is InChI=1S/C4H5N5/c1-8-4-2-3-5-9(4)7-6-8/h2-3H,1H3. The molecule has 0 fully saturated rings. The van der Waals surface area contributed by atoms with Crippen LogP contribution in [-0.2, 0) is 7.05 Å². The van der Waals surface area contributed by atoms with Crippen molar-refractivity contribution >= 4 is 5.65 Å². The van der Waals surface area contributed by atoms with Crippen LogP contribution in [0.1, 0.15) is 0 Å². The van der Waals surface area contributed by atoms with Crippen LogP contribution >= 0.6 is 0 Å². The Bertz CT molecular complexity index is 318. The van der Waals surface area contributed by atoms with Gasteiger partial charge in [-0.3, -0.25) is 0 Å². The predicted molar refractivity (Wildman–Crippen MR) is 29.8 cm³/mol. The highest BCUT2D eigenvalue weighted by molar-refractivity contribution is 5.33. The van der Waals surface area contributed by atoms with Crippen LogP contribution in [0.4, 0.5) is 0 Å². The van der Waals surface area contributed by atoms with Gasteiger partial charge in [0.05, 0.1) is 6.20 Å². The van der Waals surface area contributed by atoms with Gasteiger partial charge in [0.2, 0.25) is 0 Å². The van der Waals surface area contributed by atoms with Crippen molar-refractivity contribution in [2.45, 2.75) is 0 Å². The first-order valence-electron chi connectivity index (χ1n) is 2.57. The Morgan fingerprint density at radius 2 is 2.33 bits per heavy atom. The normalized spacial score (nSPS) is 10.8. The molecule has 2 rings (SSSR count). The van der Waals surface area contributed by atoms with E-state index in [2.05, 4.69) is 15.5 Å². The van der Waals surface area contributed by atoms with Gasteiger partial charge < -0.3 is 0 Å². The molecule has 0 aliphatic heterocycles. The highest BCUT2D eigenvalue weighted by Gasteiger charge is 1.96. The third-order valence-electron chi connectivity index (χ3n) is 1.20. The van der Waals surface area contributed by atoms with E-state index in [1.807, 2.05) is 13.1 Å². The second kappa shape index (κ2) is 1.31. The number of fused-ring (bicyclic) bond motifs is 1. The molecular formula is C4H5N5. The van der Waals surface area contributed by atoms with E-state index in [1.54, 1.807) is 10.9 Å². The molecule has 0 N–H and O–H groups in total. The van der Waals surface area contributed by atoms with Crippen molar-refractivity contribution in [2.75, 3.05) is 0 Å². The lowest BCUT2D eigenvalue weighted by Crippen LogP contribution is -1.88. The summed E-state index contributed by atoms with van der Waals surface area (Å²) < 4.78 is 3.13. The lowest BCUT2D eigenvalue weighted by Gasteiger charge is -1.79. The van der Waals surface area contributed by atoms with E-state index in [9.17, 15) is 0 Å². The number of rotatable bonds is 0. The third-order valence-corrected chi connectivity index (χ3v) is 1.20. The molecule has 0 aliphatic rings. The zero-order valence-electron chi connectivity index (χ0n) is 4.89. The van der Waals surface area contributed by atoms with Crippen molar-refractivity contribution in [1.82, 2.24) is 24.8 Å². The first-order chi connectivity index (χ1) is 4.38. The second-order valence-corrected chi connectivity index (χ2v) is 1.78. The maximum Gasteiger partial charge on any atom is 0.175 e. The van der Waals surface area contributed by atoms with Crippen LogP contribution in [0.5, 0.6) is 0 Å². The number of hydrogen-bond acceptors (Lipinski definition) is 3. The molecule has 0 amide bonds. The number of tetrazole rings is 1. The smallest absolute Gasteiger partial charge is 0.175 e. The zero-order valence-corrected chi connectivity index (χ0v) is 4.89. The Kier molecular flexibility index (Phi) is 0.652. The molecule has 0 aliphatic carbocycles. The molecule has 0 atom stereocenters. The Balaban J connectivity index is 2.99. The molecule has 0 saturated carbocycles. The fourth-order valence-corrected chi connectivity index (χ4v) is 0.739. The quantitative estimate of drug-likeness (QED) is 0.472. The molecule has 0 bridgehead atoms. The molecule has 0 saturated heterocycles. The lowest BCUT2D eigenvalue weighted by molar-refractivity contribution is 0.687. The highest BCUT2D eigenvalue weighted by atomic mass is 15.6. The maximum atomic E-state index is 3.86. The van der Waals surface area contributed by atoms with Gasteiger partial charge in [-0.1, -0.05) is 0 Å². The number of aromatic nitrogens is 5. The SMILES string of the molecule is Cn1nnn2nccc12. The van der Waals surface area contributed by atoms with Crippen molar-refractivity contribution in [3.8, 4) is 0 Å². The summed E-state index contributed by atoms with van der Waals surface area (Å²) >= 11 is 0. The zero-order chi connectivity index (χ0) is 6.27. The fourth-order valence-electron chi connectivity index (χ4n) is 0.739. The molecule has 2 aromatic rings. The Morgan fingerprint density at radius 1 is 1.44 bits per heavy atom. The maximum absolute atomic E-state index is 3.86. The van der Waals surface area contributed by atoms with E-state index in [4.69, 9.17) is 0 Å². The van der Waals surface area contributed by atoms with Gasteiger partial charge in [-0.15, -0.1) is 4.63 Å². The Morgan fingerprint density at radius 3 is 3.11 bits per heavy atom. The minimum Gasteiger partial charge on any atom is -0.229 e. The van der Waals surface area contributed by atoms with Crippen molar-refractivity contribution in [3.63, 3.8) is 0 Å². The van der Waals surface area contributed by atoms with Crippen molar-refractivity contribution < 1.29 is 0 Å². The van der Waals surface area contributed by atoms with Crippen LogP contribution in [0.25, 0.3) is 5.65 Å². The fraction of sp³-hybridized carbons (Fsp3) is 0.250. The number of aryl methyl sites for hydroxylation is 1. The molecule has 5 nitrogen and oxygen atoms in total. The summed E-state index contributed by atoms with van der Waals surface area (Å²) in [6.07, 6.45) is 1.68. The van der Waals surface area contributed by atoms with Crippen molar-refractivity contribution in [2.24, 2.45) is 7.05 Å². The summed E-state index contributed by atoms with van der Waals surface area (Å²) in [7, 11) is 1.82.